The van der Waals surface area contributed by atoms with Crippen LogP contribution < -0.4 is 4.74 Å². The molecule has 0 saturated carbocycles. The van der Waals surface area contributed by atoms with Gasteiger partial charge in [-0.2, -0.15) is 0 Å². The van der Waals surface area contributed by atoms with E-state index >= 15 is 0 Å². The van der Waals surface area contributed by atoms with Gasteiger partial charge >= 0.3 is 0 Å². The van der Waals surface area contributed by atoms with Crippen LogP contribution in [-0.2, 0) is 5.60 Å². The topological polar surface area (TPSA) is 69.9 Å². The molecule has 0 saturated heterocycles. The summed E-state index contributed by atoms with van der Waals surface area (Å²) in [6, 6.07) is 9.09. The van der Waals surface area contributed by atoms with Crippen LogP contribution in [0.15, 0.2) is 60.7 Å². The maximum absolute atomic E-state index is 11.5. The molecule has 1 aliphatic rings. The minimum absolute atomic E-state index is 0.0319. The van der Waals surface area contributed by atoms with Crippen molar-refractivity contribution in [3.63, 3.8) is 0 Å². The second-order valence-electron chi connectivity index (χ2n) is 5.51. The van der Waals surface area contributed by atoms with Gasteiger partial charge in [0.1, 0.15) is 28.6 Å². The van der Waals surface area contributed by atoms with Crippen molar-refractivity contribution in [2.45, 2.75) is 18.9 Å². The number of aromatic hydroxyl groups is 2. The minimum atomic E-state index is -1.49. The molecule has 1 heterocycles. The van der Waals surface area contributed by atoms with Gasteiger partial charge in [-0.05, 0) is 36.3 Å². The first-order chi connectivity index (χ1) is 11.0. The van der Waals surface area contributed by atoms with E-state index in [4.69, 9.17) is 4.74 Å². The Balaban J connectivity index is 2.26. The Kier molecular flexibility index (Phi) is 3.62. The third-order valence-electron chi connectivity index (χ3n) is 3.95. The summed E-state index contributed by atoms with van der Waals surface area (Å²) in [7, 11) is 0. The Labute approximate surface area is 134 Å². The van der Waals surface area contributed by atoms with Crippen molar-refractivity contribution in [2.75, 3.05) is 0 Å². The van der Waals surface area contributed by atoms with Crippen molar-refractivity contribution >= 4 is 0 Å². The number of ether oxygens (including phenoxy) is 1. The largest absolute Gasteiger partial charge is 0.508 e. The predicted molar refractivity (Wildman–Crippen MR) is 87.9 cm³/mol. The normalized spacial score (nSPS) is 14.9. The lowest BCUT2D eigenvalue weighted by atomic mass is 9.78. The van der Waals surface area contributed by atoms with E-state index < -0.39 is 5.60 Å². The lowest BCUT2D eigenvalue weighted by Crippen LogP contribution is -2.32. The number of phenolic OH excluding ortho intramolecular Hbond substituents is 2. The molecule has 0 atom stereocenters. The van der Waals surface area contributed by atoms with E-state index in [1.54, 1.807) is 18.2 Å². The monoisotopic (exact) mass is 310 g/mol. The molecule has 0 spiro atoms. The Hall–Kier alpha value is -2.72. The third-order valence-corrected chi connectivity index (χ3v) is 3.95. The number of hydrogen-bond acceptors (Lipinski definition) is 4. The molecule has 0 bridgehead atoms. The van der Waals surface area contributed by atoms with Crippen molar-refractivity contribution in [3.8, 4) is 23.0 Å². The molecule has 3 N–H and O–H groups in total. The van der Waals surface area contributed by atoms with Crippen LogP contribution in [0.2, 0.25) is 0 Å². The fourth-order valence-electron chi connectivity index (χ4n) is 2.78. The van der Waals surface area contributed by atoms with Crippen LogP contribution >= 0.6 is 0 Å². The highest BCUT2D eigenvalue weighted by Gasteiger charge is 2.42. The molecular weight excluding hydrogens is 292 g/mol. The number of rotatable bonds is 3. The summed E-state index contributed by atoms with van der Waals surface area (Å²) in [6.45, 7) is 6.01. The summed E-state index contributed by atoms with van der Waals surface area (Å²) >= 11 is 0. The van der Waals surface area contributed by atoms with Gasteiger partial charge in [0.05, 0.1) is 0 Å². The van der Waals surface area contributed by atoms with Crippen molar-refractivity contribution < 1.29 is 20.1 Å². The number of fused-ring (bicyclic) bond motifs is 2. The van der Waals surface area contributed by atoms with E-state index in [0.717, 1.165) is 6.42 Å². The molecule has 0 amide bonds. The van der Waals surface area contributed by atoms with Crippen molar-refractivity contribution in [2.24, 2.45) is 0 Å². The molecular formula is C19H18O4. The van der Waals surface area contributed by atoms with E-state index in [1.165, 1.54) is 24.3 Å². The molecule has 118 valence electrons. The van der Waals surface area contributed by atoms with Gasteiger partial charge in [-0.3, -0.25) is 0 Å². The van der Waals surface area contributed by atoms with Gasteiger partial charge < -0.3 is 20.1 Å². The van der Waals surface area contributed by atoms with Crippen LogP contribution in [0.4, 0.5) is 0 Å². The fraction of sp³-hybridized carbons (Fsp3) is 0.158. The molecule has 3 rings (SSSR count). The number of aliphatic hydroxyl groups is 1. The number of phenols is 2. The summed E-state index contributed by atoms with van der Waals surface area (Å²) in [6.07, 6.45) is 4.50. The Morgan fingerprint density at radius 3 is 2.09 bits per heavy atom. The van der Waals surface area contributed by atoms with Crippen LogP contribution in [0.1, 0.15) is 24.5 Å². The SMILES string of the molecule is C=C(/C=C\CC)C1(O)c2ccc(O)cc2Oc2cc(O)ccc21. The molecule has 0 radical (unpaired) electrons. The van der Waals surface area contributed by atoms with Gasteiger partial charge in [0, 0.05) is 23.3 Å². The van der Waals surface area contributed by atoms with Gasteiger partial charge in [0.15, 0.2) is 0 Å². The number of benzene rings is 2. The first-order valence-corrected chi connectivity index (χ1v) is 7.40. The number of allylic oxidation sites excluding steroid dienone is 1. The van der Waals surface area contributed by atoms with Crippen molar-refractivity contribution in [1.29, 1.82) is 0 Å². The minimum Gasteiger partial charge on any atom is -0.508 e. The van der Waals surface area contributed by atoms with Gasteiger partial charge in [-0.25, -0.2) is 0 Å². The molecule has 4 heteroatoms. The number of hydrogen-bond donors (Lipinski definition) is 3. The zero-order valence-corrected chi connectivity index (χ0v) is 12.8. The first kappa shape index (κ1) is 15.2. The summed E-state index contributed by atoms with van der Waals surface area (Å²) in [5, 5.41) is 30.8. The average Bonchev–Trinajstić information content (AvgIpc) is 2.51. The van der Waals surface area contributed by atoms with Gasteiger partial charge in [0.2, 0.25) is 0 Å². The Bertz CT molecular complexity index is 754. The highest BCUT2D eigenvalue weighted by Crippen LogP contribution is 2.51. The van der Waals surface area contributed by atoms with E-state index in [9.17, 15) is 15.3 Å². The second-order valence-corrected chi connectivity index (χ2v) is 5.51. The molecule has 2 aromatic rings. The highest BCUT2D eigenvalue weighted by molar-refractivity contribution is 5.63. The molecule has 4 nitrogen and oxygen atoms in total. The van der Waals surface area contributed by atoms with E-state index in [-0.39, 0.29) is 11.5 Å². The maximum Gasteiger partial charge on any atom is 0.147 e. The van der Waals surface area contributed by atoms with E-state index in [1.807, 2.05) is 13.0 Å². The van der Waals surface area contributed by atoms with Crippen molar-refractivity contribution in [1.82, 2.24) is 0 Å². The molecule has 0 aromatic heterocycles. The quantitative estimate of drug-likeness (QED) is 0.750. The zero-order chi connectivity index (χ0) is 16.6. The summed E-state index contributed by atoms with van der Waals surface area (Å²) in [5.74, 6) is 0.724. The zero-order valence-electron chi connectivity index (χ0n) is 12.8. The fourth-order valence-corrected chi connectivity index (χ4v) is 2.78. The first-order valence-electron chi connectivity index (χ1n) is 7.40. The lowest BCUT2D eigenvalue weighted by molar-refractivity contribution is 0.112. The highest BCUT2D eigenvalue weighted by atomic mass is 16.5. The molecule has 2 aromatic carbocycles. The van der Waals surface area contributed by atoms with Crippen molar-refractivity contribution in [3.05, 3.63) is 71.8 Å². The van der Waals surface area contributed by atoms with Crippen LogP contribution in [0, 0.1) is 0 Å². The molecule has 23 heavy (non-hydrogen) atoms. The Morgan fingerprint density at radius 2 is 1.61 bits per heavy atom. The molecule has 0 aliphatic carbocycles. The summed E-state index contributed by atoms with van der Waals surface area (Å²) in [4.78, 5) is 0. The van der Waals surface area contributed by atoms with Crippen LogP contribution in [0.5, 0.6) is 23.0 Å². The molecule has 0 unspecified atom stereocenters. The smallest absolute Gasteiger partial charge is 0.147 e. The van der Waals surface area contributed by atoms with Gasteiger partial charge in [0.25, 0.3) is 0 Å². The summed E-state index contributed by atoms with van der Waals surface area (Å²) < 4.78 is 5.74. The van der Waals surface area contributed by atoms with Crippen LogP contribution in [-0.4, -0.2) is 15.3 Å². The summed E-state index contributed by atoms with van der Waals surface area (Å²) in [5.41, 5.74) is -0.00397. The Morgan fingerprint density at radius 1 is 1.09 bits per heavy atom. The third kappa shape index (κ3) is 2.37. The van der Waals surface area contributed by atoms with E-state index in [0.29, 0.717) is 28.2 Å². The average molecular weight is 310 g/mol. The second kappa shape index (κ2) is 5.48. The molecule has 0 fully saturated rings. The van der Waals surface area contributed by atoms with Crippen LogP contribution in [0.25, 0.3) is 0 Å². The predicted octanol–water partition coefficient (Wildman–Crippen LogP) is 3.96. The van der Waals surface area contributed by atoms with Gasteiger partial charge in [-0.15, -0.1) is 0 Å². The molecule has 1 aliphatic heterocycles. The standard InChI is InChI=1S/C19H18O4/c1-3-4-5-12(2)19(22)15-8-6-13(20)10-17(15)23-18-11-14(21)7-9-16(18)19/h4-11,20-22H,2-3H2,1H3/b5-4-. The van der Waals surface area contributed by atoms with Gasteiger partial charge in [-0.1, -0.05) is 25.7 Å². The maximum atomic E-state index is 11.5. The van der Waals surface area contributed by atoms with Crippen LogP contribution in [0.3, 0.4) is 0 Å². The van der Waals surface area contributed by atoms with E-state index in [2.05, 4.69) is 6.58 Å². The lowest BCUT2D eigenvalue weighted by Gasteiger charge is -2.36.